The predicted molar refractivity (Wildman–Crippen MR) is 148 cm³/mol. The minimum absolute atomic E-state index is 0.144. The summed E-state index contributed by atoms with van der Waals surface area (Å²) in [6.45, 7) is 6.50. The number of benzene rings is 3. The Morgan fingerprint density at radius 3 is 2.27 bits per heavy atom. The molecule has 196 valence electrons. The van der Waals surface area contributed by atoms with E-state index in [2.05, 4.69) is 28.2 Å². The van der Waals surface area contributed by atoms with Crippen molar-refractivity contribution in [1.29, 1.82) is 0 Å². The van der Waals surface area contributed by atoms with Crippen molar-refractivity contribution < 1.29 is 18.7 Å². The second-order valence-corrected chi connectivity index (χ2v) is 10.3. The van der Waals surface area contributed by atoms with Gasteiger partial charge in [-0.1, -0.05) is 69.3 Å². The van der Waals surface area contributed by atoms with Gasteiger partial charge in [0.25, 0.3) is 5.91 Å². The first-order valence-electron chi connectivity index (χ1n) is 12.5. The van der Waals surface area contributed by atoms with E-state index in [1.165, 1.54) is 17.0 Å². The lowest BCUT2D eigenvalue weighted by Crippen LogP contribution is -2.52. The smallest absolute Gasteiger partial charge is 0.261 e. The van der Waals surface area contributed by atoms with Crippen LogP contribution in [0.15, 0.2) is 77.3 Å². The molecule has 1 atom stereocenters. The maximum absolute atomic E-state index is 13.6. The minimum Gasteiger partial charge on any atom is -0.483 e. The molecule has 0 heterocycles. The fourth-order valence-electron chi connectivity index (χ4n) is 3.87. The maximum atomic E-state index is 13.6. The zero-order valence-corrected chi connectivity index (χ0v) is 23.1. The standard InChI is InChI=1S/C30H34BrFN2O3/c1-4-22-12-15-28(26(31)16-22)37-20-29(35)34(19-24-10-13-25(32)14-11-24)27(30(36)33-18-21(2)3)17-23-8-6-5-7-9-23/h5-16,21,27H,4,17-20H2,1-3H3,(H,33,36). The Labute approximate surface area is 227 Å². The van der Waals surface area contributed by atoms with Gasteiger partial charge in [-0.05, 0) is 69.2 Å². The van der Waals surface area contributed by atoms with E-state index in [0.717, 1.165) is 27.6 Å². The Morgan fingerprint density at radius 1 is 0.973 bits per heavy atom. The van der Waals surface area contributed by atoms with Gasteiger partial charge < -0.3 is 15.0 Å². The van der Waals surface area contributed by atoms with Crippen molar-refractivity contribution in [1.82, 2.24) is 10.2 Å². The Balaban J connectivity index is 1.89. The van der Waals surface area contributed by atoms with Crippen molar-refractivity contribution in [2.24, 2.45) is 5.92 Å². The molecule has 0 aromatic heterocycles. The topological polar surface area (TPSA) is 58.6 Å². The maximum Gasteiger partial charge on any atom is 0.261 e. The van der Waals surface area contributed by atoms with Crippen LogP contribution < -0.4 is 10.1 Å². The summed E-state index contributed by atoms with van der Waals surface area (Å²) in [6.07, 6.45) is 1.22. The predicted octanol–water partition coefficient (Wildman–Crippen LogP) is 5.94. The molecule has 7 heteroatoms. The zero-order chi connectivity index (χ0) is 26.8. The van der Waals surface area contributed by atoms with Crippen LogP contribution in [-0.4, -0.2) is 35.9 Å². The van der Waals surface area contributed by atoms with E-state index in [4.69, 9.17) is 4.74 Å². The molecular weight excluding hydrogens is 535 g/mol. The highest BCUT2D eigenvalue weighted by molar-refractivity contribution is 9.10. The van der Waals surface area contributed by atoms with Crippen LogP contribution in [0.2, 0.25) is 0 Å². The Kier molecular flexibility index (Phi) is 10.7. The van der Waals surface area contributed by atoms with Gasteiger partial charge >= 0.3 is 0 Å². The Morgan fingerprint density at radius 2 is 1.65 bits per heavy atom. The fourth-order valence-corrected chi connectivity index (χ4v) is 4.41. The number of carbonyl (C=O) groups is 2. The van der Waals surface area contributed by atoms with Gasteiger partial charge in [-0.25, -0.2) is 4.39 Å². The van der Waals surface area contributed by atoms with Crippen LogP contribution in [-0.2, 0) is 29.0 Å². The third-order valence-electron chi connectivity index (χ3n) is 5.98. The number of nitrogens with zero attached hydrogens (tertiary/aromatic N) is 1. The normalized spacial score (nSPS) is 11.7. The van der Waals surface area contributed by atoms with Crippen molar-refractivity contribution in [2.75, 3.05) is 13.2 Å². The second kappa shape index (κ2) is 13.9. The van der Waals surface area contributed by atoms with E-state index in [0.29, 0.717) is 18.7 Å². The van der Waals surface area contributed by atoms with Crippen molar-refractivity contribution >= 4 is 27.7 Å². The molecule has 0 radical (unpaired) electrons. The third-order valence-corrected chi connectivity index (χ3v) is 6.60. The highest BCUT2D eigenvalue weighted by atomic mass is 79.9. The molecular formula is C30H34BrFN2O3. The summed E-state index contributed by atoms with van der Waals surface area (Å²) in [5.74, 6) is -0.121. The molecule has 3 rings (SSSR count). The molecule has 0 aliphatic carbocycles. The fraction of sp³-hybridized carbons (Fsp3) is 0.333. The molecule has 0 fully saturated rings. The van der Waals surface area contributed by atoms with E-state index >= 15 is 0 Å². The van der Waals surface area contributed by atoms with Crippen LogP contribution in [0.4, 0.5) is 4.39 Å². The van der Waals surface area contributed by atoms with Crippen molar-refractivity contribution in [2.45, 2.75) is 46.2 Å². The van der Waals surface area contributed by atoms with Crippen LogP contribution in [0.25, 0.3) is 0 Å². The van der Waals surface area contributed by atoms with E-state index < -0.39 is 6.04 Å². The number of rotatable bonds is 12. The lowest BCUT2D eigenvalue weighted by Gasteiger charge is -2.31. The Bertz CT molecular complexity index is 1170. The molecule has 0 spiro atoms. The Hall–Kier alpha value is -3.19. The molecule has 2 amide bonds. The molecule has 0 saturated heterocycles. The van der Waals surface area contributed by atoms with E-state index in [1.54, 1.807) is 12.1 Å². The molecule has 0 saturated carbocycles. The van der Waals surface area contributed by atoms with Crippen LogP contribution in [0.5, 0.6) is 5.75 Å². The number of carbonyl (C=O) groups excluding carboxylic acids is 2. The summed E-state index contributed by atoms with van der Waals surface area (Å²) in [6, 6.07) is 20.5. The first-order valence-corrected chi connectivity index (χ1v) is 13.3. The van der Waals surface area contributed by atoms with Gasteiger partial charge in [0.1, 0.15) is 17.6 Å². The summed E-state index contributed by atoms with van der Waals surface area (Å²) in [5, 5.41) is 2.99. The summed E-state index contributed by atoms with van der Waals surface area (Å²) < 4.78 is 20.2. The van der Waals surface area contributed by atoms with E-state index in [1.807, 2.05) is 62.4 Å². The summed E-state index contributed by atoms with van der Waals surface area (Å²) in [7, 11) is 0. The van der Waals surface area contributed by atoms with Gasteiger partial charge in [-0.3, -0.25) is 9.59 Å². The molecule has 0 aliphatic heterocycles. The largest absolute Gasteiger partial charge is 0.483 e. The van der Waals surface area contributed by atoms with Gasteiger partial charge in [-0.2, -0.15) is 0 Å². The quantitative estimate of drug-likeness (QED) is 0.294. The van der Waals surface area contributed by atoms with Crippen molar-refractivity contribution in [3.63, 3.8) is 0 Å². The number of ether oxygens (including phenoxy) is 1. The van der Waals surface area contributed by atoms with E-state index in [9.17, 15) is 14.0 Å². The first kappa shape index (κ1) is 28.4. The number of halogens is 2. The van der Waals surface area contributed by atoms with E-state index in [-0.39, 0.29) is 36.7 Å². The molecule has 5 nitrogen and oxygen atoms in total. The van der Waals surface area contributed by atoms with Crippen LogP contribution >= 0.6 is 15.9 Å². The second-order valence-electron chi connectivity index (χ2n) is 9.40. The number of amides is 2. The molecule has 1 unspecified atom stereocenters. The highest BCUT2D eigenvalue weighted by Crippen LogP contribution is 2.26. The van der Waals surface area contributed by atoms with Crippen LogP contribution in [0.3, 0.4) is 0 Å². The SMILES string of the molecule is CCc1ccc(OCC(=O)N(Cc2ccc(F)cc2)C(Cc2ccccc2)C(=O)NCC(C)C)c(Br)c1. The minimum atomic E-state index is -0.770. The van der Waals surface area contributed by atoms with Gasteiger partial charge in [0.2, 0.25) is 5.91 Å². The lowest BCUT2D eigenvalue weighted by molar-refractivity contribution is -0.142. The van der Waals surface area contributed by atoms with Crippen LogP contribution in [0.1, 0.15) is 37.5 Å². The third kappa shape index (κ3) is 8.71. The zero-order valence-electron chi connectivity index (χ0n) is 21.5. The van der Waals surface area contributed by atoms with Crippen LogP contribution in [0, 0.1) is 11.7 Å². The van der Waals surface area contributed by atoms with Gasteiger partial charge in [0.15, 0.2) is 6.61 Å². The highest BCUT2D eigenvalue weighted by Gasteiger charge is 2.31. The summed E-state index contributed by atoms with van der Waals surface area (Å²) >= 11 is 3.52. The molecule has 3 aromatic rings. The van der Waals surface area contributed by atoms with Crippen molar-refractivity contribution in [3.8, 4) is 5.75 Å². The molecule has 37 heavy (non-hydrogen) atoms. The average Bonchev–Trinajstić information content (AvgIpc) is 2.90. The number of hydrogen-bond acceptors (Lipinski definition) is 3. The molecule has 0 aliphatic rings. The molecule has 1 N–H and O–H groups in total. The molecule has 0 bridgehead atoms. The van der Waals surface area contributed by atoms with Crippen molar-refractivity contribution in [3.05, 3.63) is 99.8 Å². The lowest BCUT2D eigenvalue weighted by atomic mass is 10.0. The number of nitrogens with one attached hydrogen (secondary N) is 1. The summed E-state index contributed by atoms with van der Waals surface area (Å²) in [4.78, 5) is 28.6. The number of hydrogen-bond donors (Lipinski definition) is 1. The number of aryl methyl sites for hydroxylation is 1. The average molecular weight is 570 g/mol. The summed E-state index contributed by atoms with van der Waals surface area (Å²) in [5.41, 5.74) is 2.80. The monoisotopic (exact) mass is 568 g/mol. The van der Waals surface area contributed by atoms with Gasteiger partial charge in [0.05, 0.1) is 4.47 Å². The van der Waals surface area contributed by atoms with Gasteiger partial charge in [-0.15, -0.1) is 0 Å². The first-order chi connectivity index (χ1) is 17.8. The van der Waals surface area contributed by atoms with Gasteiger partial charge in [0, 0.05) is 19.5 Å². The molecule has 3 aromatic carbocycles.